The summed E-state index contributed by atoms with van der Waals surface area (Å²) in [6.07, 6.45) is 0. The number of ether oxygens (including phenoxy) is 1. The van der Waals surface area contributed by atoms with E-state index < -0.39 is 0 Å². The van der Waals surface area contributed by atoms with Crippen LogP contribution in [0.5, 0.6) is 5.75 Å². The predicted octanol–water partition coefficient (Wildman–Crippen LogP) is 3.72. The van der Waals surface area contributed by atoms with Gasteiger partial charge in [-0.1, -0.05) is 56.3 Å². The van der Waals surface area contributed by atoms with Gasteiger partial charge in [0.15, 0.2) is 0 Å². The first-order valence-electron chi connectivity index (χ1n) is 7.11. The molecule has 0 amide bonds. The Kier molecular flexibility index (Phi) is 3.27. The Morgan fingerprint density at radius 3 is 2.15 bits per heavy atom. The van der Waals surface area contributed by atoms with Gasteiger partial charge in [-0.2, -0.15) is 0 Å². The Bertz CT molecular complexity index is 574. The Hall–Kier alpha value is -1.80. The van der Waals surface area contributed by atoms with Crippen molar-refractivity contribution in [2.45, 2.75) is 32.4 Å². The molecule has 2 atom stereocenters. The molecule has 1 fully saturated rings. The lowest BCUT2D eigenvalue weighted by molar-refractivity contribution is 0.306. The molecule has 0 heterocycles. The maximum absolute atomic E-state index is 6.12. The molecule has 2 N–H and O–H groups in total. The van der Waals surface area contributed by atoms with Crippen LogP contribution in [0.3, 0.4) is 0 Å². The van der Waals surface area contributed by atoms with Crippen LogP contribution in [0.4, 0.5) is 0 Å². The van der Waals surface area contributed by atoms with Crippen molar-refractivity contribution in [2.24, 2.45) is 11.1 Å². The maximum Gasteiger partial charge on any atom is 0.119 e. The van der Waals surface area contributed by atoms with E-state index in [2.05, 4.69) is 38.1 Å². The highest BCUT2D eigenvalue weighted by molar-refractivity contribution is 5.37. The van der Waals surface area contributed by atoms with Crippen molar-refractivity contribution in [3.63, 3.8) is 0 Å². The zero-order valence-corrected chi connectivity index (χ0v) is 12.0. The second kappa shape index (κ2) is 4.95. The standard InChI is InChI=1S/C18H21NO/c1-18(2)16(17(18)19)14-8-10-15(11-9-14)20-12-13-6-4-3-5-7-13/h3-11,16-17H,12,19H2,1-2H3/t16-,17-/m1/s1. The van der Waals surface area contributed by atoms with E-state index >= 15 is 0 Å². The summed E-state index contributed by atoms with van der Waals surface area (Å²) in [4.78, 5) is 0. The highest BCUT2D eigenvalue weighted by atomic mass is 16.5. The number of rotatable bonds is 4. The van der Waals surface area contributed by atoms with Gasteiger partial charge in [0.25, 0.3) is 0 Å². The van der Waals surface area contributed by atoms with E-state index in [-0.39, 0.29) is 11.5 Å². The molecule has 0 aliphatic heterocycles. The molecule has 2 nitrogen and oxygen atoms in total. The van der Waals surface area contributed by atoms with Gasteiger partial charge < -0.3 is 10.5 Å². The highest BCUT2D eigenvalue weighted by Gasteiger charge is 2.55. The van der Waals surface area contributed by atoms with Crippen LogP contribution in [-0.2, 0) is 6.61 Å². The van der Waals surface area contributed by atoms with Crippen LogP contribution in [-0.4, -0.2) is 6.04 Å². The first-order chi connectivity index (χ1) is 9.59. The van der Waals surface area contributed by atoms with E-state index in [4.69, 9.17) is 10.5 Å². The van der Waals surface area contributed by atoms with Crippen molar-refractivity contribution in [3.05, 3.63) is 65.7 Å². The SMILES string of the molecule is CC1(C)[C@H](N)[C@H]1c1ccc(OCc2ccccc2)cc1. The second-order valence-corrected chi connectivity index (χ2v) is 6.17. The van der Waals surface area contributed by atoms with Gasteiger partial charge in [-0.15, -0.1) is 0 Å². The lowest BCUT2D eigenvalue weighted by Crippen LogP contribution is -2.06. The van der Waals surface area contributed by atoms with E-state index in [0.717, 1.165) is 5.75 Å². The Balaban J connectivity index is 1.63. The van der Waals surface area contributed by atoms with Gasteiger partial charge in [-0.3, -0.25) is 0 Å². The molecular formula is C18H21NO. The molecule has 0 spiro atoms. The quantitative estimate of drug-likeness (QED) is 0.916. The van der Waals surface area contributed by atoms with Crippen LogP contribution >= 0.6 is 0 Å². The normalized spacial score (nSPS) is 23.4. The van der Waals surface area contributed by atoms with E-state index in [1.807, 2.05) is 30.3 Å². The fourth-order valence-electron chi connectivity index (χ4n) is 2.83. The number of hydrogen-bond acceptors (Lipinski definition) is 2. The van der Waals surface area contributed by atoms with Crippen LogP contribution in [0, 0.1) is 5.41 Å². The number of nitrogens with two attached hydrogens (primary N) is 1. The fraction of sp³-hybridized carbons (Fsp3) is 0.333. The van der Waals surface area contributed by atoms with Gasteiger partial charge in [0, 0.05) is 12.0 Å². The Morgan fingerprint density at radius 1 is 1.00 bits per heavy atom. The van der Waals surface area contributed by atoms with Gasteiger partial charge in [-0.05, 0) is 28.7 Å². The Morgan fingerprint density at radius 2 is 1.60 bits per heavy atom. The molecule has 104 valence electrons. The third-order valence-corrected chi connectivity index (χ3v) is 4.40. The molecule has 1 aliphatic rings. The zero-order chi connectivity index (χ0) is 14.2. The summed E-state index contributed by atoms with van der Waals surface area (Å²) in [7, 11) is 0. The fourth-order valence-corrected chi connectivity index (χ4v) is 2.83. The molecule has 0 unspecified atom stereocenters. The predicted molar refractivity (Wildman–Crippen MR) is 81.7 cm³/mol. The van der Waals surface area contributed by atoms with Gasteiger partial charge in [0.05, 0.1) is 0 Å². The number of benzene rings is 2. The van der Waals surface area contributed by atoms with Crippen LogP contribution in [0.1, 0.15) is 30.9 Å². The summed E-state index contributed by atoms with van der Waals surface area (Å²) in [5, 5.41) is 0. The summed E-state index contributed by atoms with van der Waals surface area (Å²) < 4.78 is 5.79. The number of hydrogen-bond donors (Lipinski definition) is 1. The first-order valence-corrected chi connectivity index (χ1v) is 7.11. The van der Waals surface area contributed by atoms with Crippen LogP contribution in [0.2, 0.25) is 0 Å². The van der Waals surface area contributed by atoms with E-state index in [1.165, 1.54) is 11.1 Å². The van der Waals surface area contributed by atoms with Gasteiger partial charge in [-0.25, -0.2) is 0 Å². The van der Waals surface area contributed by atoms with Crippen LogP contribution < -0.4 is 10.5 Å². The topological polar surface area (TPSA) is 35.2 Å². The zero-order valence-electron chi connectivity index (χ0n) is 12.0. The summed E-state index contributed by atoms with van der Waals surface area (Å²) in [6, 6.07) is 18.8. The molecule has 1 saturated carbocycles. The average molecular weight is 267 g/mol. The molecule has 2 heteroatoms. The summed E-state index contributed by atoms with van der Waals surface area (Å²) in [5.41, 5.74) is 8.84. The van der Waals surface area contributed by atoms with Crippen molar-refractivity contribution >= 4 is 0 Å². The lowest BCUT2D eigenvalue weighted by atomic mass is 10.0. The molecule has 0 radical (unpaired) electrons. The van der Waals surface area contributed by atoms with Gasteiger partial charge in [0.2, 0.25) is 0 Å². The maximum atomic E-state index is 6.12. The van der Waals surface area contributed by atoms with Crippen LogP contribution in [0.25, 0.3) is 0 Å². The van der Waals surface area contributed by atoms with E-state index in [0.29, 0.717) is 12.5 Å². The molecule has 0 bridgehead atoms. The van der Waals surface area contributed by atoms with E-state index in [9.17, 15) is 0 Å². The van der Waals surface area contributed by atoms with E-state index in [1.54, 1.807) is 0 Å². The van der Waals surface area contributed by atoms with Crippen molar-refractivity contribution in [1.29, 1.82) is 0 Å². The van der Waals surface area contributed by atoms with Gasteiger partial charge in [0.1, 0.15) is 12.4 Å². The van der Waals surface area contributed by atoms with Gasteiger partial charge >= 0.3 is 0 Å². The third kappa shape index (κ3) is 2.44. The largest absolute Gasteiger partial charge is 0.489 e. The molecule has 2 aromatic rings. The summed E-state index contributed by atoms with van der Waals surface area (Å²) in [5.74, 6) is 1.38. The smallest absolute Gasteiger partial charge is 0.119 e. The summed E-state index contributed by atoms with van der Waals surface area (Å²) in [6.45, 7) is 5.05. The van der Waals surface area contributed by atoms with Crippen molar-refractivity contribution in [3.8, 4) is 5.75 Å². The van der Waals surface area contributed by atoms with Crippen molar-refractivity contribution < 1.29 is 4.74 Å². The third-order valence-electron chi connectivity index (χ3n) is 4.40. The van der Waals surface area contributed by atoms with Crippen LogP contribution in [0.15, 0.2) is 54.6 Å². The van der Waals surface area contributed by atoms with Crippen molar-refractivity contribution in [1.82, 2.24) is 0 Å². The summed E-state index contributed by atoms with van der Waals surface area (Å²) >= 11 is 0. The minimum atomic E-state index is 0.229. The molecule has 3 rings (SSSR count). The monoisotopic (exact) mass is 267 g/mol. The molecule has 20 heavy (non-hydrogen) atoms. The molecule has 2 aromatic carbocycles. The molecule has 0 saturated heterocycles. The highest BCUT2D eigenvalue weighted by Crippen LogP contribution is 2.57. The second-order valence-electron chi connectivity index (χ2n) is 6.17. The minimum absolute atomic E-state index is 0.229. The lowest BCUT2D eigenvalue weighted by Gasteiger charge is -2.08. The Labute approximate surface area is 120 Å². The molecule has 0 aromatic heterocycles. The minimum Gasteiger partial charge on any atom is -0.489 e. The molecular weight excluding hydrogens is 246 g/mol. The van der Waals surface area contributed by atoms with Crippen molar-refractivity contribution in [2.75, 3.05) is 0 Å². The first kappa shape index (κ1) is 13.2. The molecule has 1 aliphatic carbocycles. The average Bonchev–Trinajstić information content (AvgIpc) is 2.97.